The SMILES string of the molecule is COCc1cnc(C2=NC(C)(C(C)C)C(=O)N2)c(C(=O)O)c1.[H-].[Na+]. The topological polar surface area (TPSA) is 101 Å². The molecule has 0 aromatic carbocycles. The number of hydrogen-bond acceptors (Lipinski definition) is 5. The Balaban J connectivity index is 0.00000264. The van der Waals surface area contributed by atoms with Gasteiger partial charge >= 0.3 is 35.5 Å². The minimum Gasteiger partial charge on any atom is -1.00 e. The number of amides is 1. The summed E-state index contributed by atoms with van der Waals surface area (Å²) < 4.78 is 4.98. The Kier molecular flexibility index (Phi) is 6.47. The molecule has 8 heteroatoms. The molecule has 23 heavy (non-hydrogen) atoms. The molecule has 7 nitrogen and oxygen atoms in total. The molecule has 1 aliphatic rings. The number of carboxylic acids is 1. The zero-order valence-electron chi connectivity index (χ0n) is 15.0. The van der Waals surface area contributed by atoms with Gasteiger partial charge in [-0.25, -0.2) is 9.79 Å². The fraction of sp³-hybridized carbons (Fsp3) is 0.467. The third-order valence-corrected chi connectivity index (χ3v) is 3.87. The molecule has 1 aromatic heterocycles. The summed E-state index contributed by atoms with van der Waals surface area (Å²) in [4.78, 5) is 32.2. The Morgan fingerprint density at radius 1 is 1.52 bits per heavy atom. The average molecular weight is 329 g/mol. The molecule has 2 rings (SSSR count). The van der Waals surface area contributed by atoms with Crippen LogP contribution >= 0.6 is 0 Å². The number of methoxy groups -OCH3 is 1. The second-order valence-corrected chi connectivity index (χ2v) is 5.69. The van der Waals surface area contributed by atoms with Crippen molar-refractivity contribution in [3.8, 4) is 0 Å². The molecular weight excluding hydrogens is 309 g/mol. The van der Waals surface area contributed by atoms with Gasteiger partial charge in [0, 0.05) is 13.3 Å². The normalized spacial score (nSPS) is 20.0. The van der Waals surface area contributed by atoms with Crippen molar-refractivity contribution in [3.05, 3.63) is 29.1 Å². The van der Waals surface area contributed by atoms with Gasteiger partial charge in [0.25, 0.3) is 5.91 Å². The Bertz CT molecular complexity index is 666. The molecular formula is C15H20N3NaO4. The summed E-state index contributed by atoms with van der Waals surface area (Å²) in [6.45, 7) is 5.76. The van der Waals surface area contributed by atoms with E-state index in [0.29, 0.717) is 5.56 Å². The number of pyridine rings is 1. The van der Waals surface area contributed by atoms with Crippen LogP contribution in [-0.4, -0.2) is 40.5 Å². The quantitative estimate of drug-likeness (QED) is 0.629. The fourth-order valence-electron chi connectivity index (χ4n) is 2.15. The van der Waals surface area contributed by atoms with Crippen molar-refractivity contribution in [2.24, 2.45) is 10.9 Å². The van der Waals surface area contributed by atoms with Crippen LogP contribution in [0.3, 0.4) is 0 Å². The molecule has 0 aliphatic carbocycles. The maximum atomic E-state index is 12.2. The van der Waals surface area contributed by atoms with Gasteiger partial charge in [-0.05, 0) is 24.5 Å². The van der Waals surface area contributed by atoms with Crippen molar-refractivity contribution in [2.75, 3.05) is 7.11 Å². The predicted molar refractivity (Wildman–Crippen MR) is 80.9 cm³/mol. The van der Waals surface area contributed by atoms with E-state index in [0.717, 1.165) is 0 Å². The summed E-state index contributed by atoms with van der Waals surface area (Å²) in [5, 5.41) is 12.0. The molecule has 0 fully saturated rings. The van der Waals surface area contributed by atoms with Crippen LogP contribution in [-0.2, 0) is 16.1 Å². The largest absolute Gasteiger partial charge is 1.00 e. The van der Waals surface area contributed by atoms with Crippen LogP contribution in [0.1, 0.15) is 43.8 Å². The summed E-state index contributed by atoms with van der Waals surface area (Å²) in [6.07, 6.45) is 1.52. The second-order valence-electron chi connectivity index (χ2n) is 5.69. The number of hydrogen-bond donors (Lipinski definition) is 2. The molecule has 1 aromatic rings. The maximum absolute atomic E-state index is 12.2. The molecule has 1 amide bonds. The van der Waals surface area contributed by atoms with Crippen LogP contribution in [0.2, 0.25) is 0 Å². The molecule has 2 N–H and O–H groups in total. The number of nitrogens with one attached hydrogen (secondary N) is 1. The summed E-state index contributed by atoms with van der Waals surface area (Å²) in [7, 11) is 1.52. The average Bonchev–Trinajstić information content (AvgIpc) is 2.76. The number of aromatic carboxylic acids is 1. The van der Waals surface area contributed by atoms with Gasteiger partial charge in [-0.15, -0.1) is 0 Å². The number of ether oxygens (including phenoxy) is 1. The first-order chi connectivity index (χ1) is 10.3. The molecule has 2 heterocycles. The third-order valence-electron chi connectivity index (χ3n) is 3.87. The van der Waals surface area contributed by atoms with Gasteiger partial charge in [-0.3, -0.25) is 9.78 Å². The Hall–Kier alpha value is -1.28. The van der Waals surface area contributed by atoms with Crippen LogP contribution in [0.15, 0.2) is 17.3 Å². The summed E-state index contributed by atoms with van der Waals surface area (Å²) in [6, 6.07) is 1.48. The van der Waals surface area contributed by atoms with E-state index in [-0.39, 0.29) is 66.5 Å². The Labute approximate surface area is 158 Å². The van der Waals surface area contributed by atoms with E-state index in [2.05, 4.69) is 15.3 Å². The van der Waals surface area contributed by atoms with Crippen LogP contribution < -0.4 is 34.9 Å². The number of aliphatic imine (C=N–C) groups is 1. The molecule has 0 spiro atoms. The molecule has 1 unspecified atom stereocenters. The van der Waals surface area contributed by atoms with Crippen molar-refractivity contribution in [1.29, 1.82) is 0 Å². The van der Waals surface area contributed by atoms with Crippen LogP contribution in [0, 0.1) is 5.92 Å². The first kappa shape index (κ1) is 19.8. The smallest absolute Gasteiger partial charge is 1.00 e. The van der Waals surface area contributed by atoms with E-state index in [4.69, 9.17) is 4.74 Å². The number of carboxylic acid groups (broad SMARTS) is 1. The zero-order chi connectivity index (χ0) is 16.5. The number of carbonyl (C=O) groups is 2. The molecule has 0 saturated carbocycles. The number of aromatic nitrogens is 1. The second kappa shape index (κ2) is 7.53. The predicted octanol–water partition coefficient (Wildman–Crippen LogP) is -1.67. The minimum absolute atomic E-state index is 0. The van der Waals surface area contributed by atoms with Gasteiger partial charge in [-0.2, -0.15) is 0 Å². The van der Waals surface area contributed by atoms with Crippen molar-refractivity contribution < 1.29 is 50.4 Å². The first-order valence-electron chi connectivity index (χ1n) is 6.92. The van der Waals surface area contributed by atoms with Gasteiger partial charge in [0.2, 0.25) is 0 Å². The van der Waals surface area contributed by atoms with Crippen LogP contribution in [0.25, 0.3) is 0 Å². The van der Waals surface area contributed by atoms with Crippen molar-refractivity contribution >= 4 is 17.7 Å². The molecule has 0 saturated heterocycles. The number of nitrogens with zero attached hydrogens (tertiary/aromatic N) is 2. The van der Waals surface area contributed by atoms with E-state index in [1.807, 2.05) is 13.8 Å². The van der Waals surface area contributed by atoms with Crippen LogP contribution in [0.5, 0.6) is 0 Å². The van der Waals surface area contributed by atoms with Gasteiger partial charge in [0.05, 0.1) is 12.2 Å². The van der Waals surface area contributed by atoms with Crippen LogP contribution in [0.4, 0.5) is 0 Å². The van der Waals surface area contributed by atoms with E-state index in [9.17, 15) is 14.7 Å². The van der Waals surface area contributed by atoms with E-state index in [1.54, 1.807) is 6.92 Å². The van der Waals surface area contributed by atoms with E-state index < -0.39 is 11.5 Å². The number of carbonyl (C=O) groups excluding carboxylic acids is 1. The molecule has 120 valence electrons. The fourth-order valence-corrected chi connectivity index (χ4v) is 2.15. The number of amidine groups is 1. The molecule has 0 radical (unpaired) electrons. The molecule has 1 aliphatic heterocycles. The summed E-state index contributed by atoms with van der Waals surface area (Å²) in [5.41, 5.74) is -0.135. The monoisotopic (exact) mass is 329 g/mol. The maximum Gasteiger partial charge on any atom is 1.00 e. The Morgan fingerprint density at radius 2 is 2.17 bits per heavy atom. The molecule has 0 bridgehead atoms. The van der Waals surface area contributed by atoms with Crippen molar-refractivity contribution in [1.82, 2.24) is 10.3 Å². The van der Waals surface area contributed by atoms with Gasteiger partial charge in [0.1, 0.15) is 11.2 Å². The first-order valence-corrected chi connectivity index (χ1v) is 6.92. The number of rotatable bonds is 5. The summed E-state index contributed by atoms with van der Waals surface area (Å²) >= 11 is 0. The minimum atomic E-state index is -1.13. The Morgan fingerprint density at radius 3 is 2.65 bits per heavy atom. The molecule has 1 atom stereocenters. The van der Waals surface area contributed by atoms with Crippen molar-refractivity contribution in [3.63, 3.8) is 0 Å². The summed E-state index contributed by atoms with van der Waals surface area (Å²) in [5.74, 6) is -1.21. The standard InChI is InChI=1S/C15H19N3O4.Na.H/c1-8(2)15(3)14(21)17-12(18-15)11-10(13(19)20)5-9(6-16-11)7-22-4;;/h5-6,8H,7H2,1-4H3,(H,19,20)(H,17,18,21);;/q;+1;-1. The van der Waals surface area contributed by atoms with Gasteiger partial charge in [0.15, 0.2) is 5.84 Å². The van der Waals surface area contributed by atoms with Gasteiger partial charge in [-0.1, -0.05) is 13.8 Å². The van der Waals surface area contributed by atoms with Crippen molar-refractivity contribution in [2.45, 2.75) is 32.9 Å². The van der Waals surface area contributed by atoms with Gasteiger partial charge < -0.3 is 16.6 Å². The third kappa shape index (κ3) is 3.80. The van der Waals surface area contributed by atoms with E-state index in [1.165, 1.54) is 19.4 Å². The zero-order valence-corrected chi connectivity index (χ0v) is 16.0. The van der Waals surface area contributed by atoms with E-state index >= 15 is 0 Å².